The molecule has 2 rings (SSSR count). The number of amides is 1. The average Bonchev–Trinajstić information content (AvgIpc) is 2.83. The van der Waals surface area contributed by atoms with E-state index in [-0.39, 0.29) is 17.4 Å². The topological polar surface area (TPSA) is 105 Å². The molecule has 2 atom stereocenters. The molecule has 1 aromatic carbocycles. The predicted molar refractivity (Wildman–Crippen MR) is 68.1 cm³/mol. The van der Waals surface area contributed by atoms with Crippen molar-refractivity contribution >= 4 is 23.5 Å². The van der Waals surface area contributed by atoms with Gasteiger partial charge in [0.2, 0.25) is 6.79 Å². The highest BCUT2D eigenvalue weighted by Gasteiger charge is 2.27. The van der Waals surface area contributed by atoms with E-state index in [0.29, 0.717) is 11.5 Å². The molecule has 0 unspecified atom stereocenters. The van der Waals surface area contributed by atoms with Gasteiger partial charge in [0.05, 0.1) is 11.1 Å². The van der Waals surface area contributed by atoms with Gasteiger partial charge in [0.15, 0.2) is 17.5 Å². The van der Waals surface area contributed by atoms with Gasteiger partial charge in [0, 0.05) is 5.56 Å². The largest absolute Gasteiger partial charge is 0.480 e. The number of nitrogens with one attached hydrogen (secondary N) is 1. The van der Waals surface area contributed by atoms with Gasteiger partial charge in [-0.2, -0.15) is 0 Å². The lowest BCUT2D eigenvalue weighted by molar-refractivity contribution is -0.141. The third kappa shape index (κ3) is 2.78. The quantitative estimate of drug-likeness (QED) is 0.753. The van der Waals surface area contributed by atoms with Gasteiger partial charge in [0.25, 0.3) is 5.91 Å². The van der Waals surface area contributed by atoms with E-state index < -0.39 is 24.0 Å². The highest BCUT2D eigenvalue weighted by Crippen LogP contribution is 2.39. The fraction of sp³-hybridized carbons (Fsp3) is 0.333. The summed E-state index contributed by atoms with van der Waals surface area (Å²) in [5.41, 5.74) is 0.117. The number of hydrogen-bond donors (Lipinski definition) is 3. The van der Waals surface area contributed by atoms with Crippen LogP contribution in [-0.2, 0) is 4.79 Å². The SMILES string of the molecule is C[C@@H](O)[C@H](NC(=O)c1cc(Cl)c2c(c1)OCO2)C(=O)O. The normalized spacial score (nSPS) is 15.6. The Balaban J connectivity index is 2.22. The van der Waals surface area contributed by atoms with Crippen molar-refractivity contribution in [1.82, 2.24) is 5.32 Å². The van der Waals surface area contributed by atoms with Crippen molar-refractivity contribution in [1.29, 1.82) is 0 Å². The van der Waals surface area contributed by atoms with Crippen LogP contribution in [0.25, 0.3) is 0 Å². The van der Waals surface area contributed by atoms with Gasteiger partial charge in [-0.15, -0.1) is 0 Å². The summed E-state index contributed by atoms with van der Waals surface area (Å²) in [4.78, 5) is 22.9. The third-order valence-corrected chi connectivity index (χ3v) is 3.01. The molecule has 1 aliphatic heterocycles. The minimum atomic E-state index is -1.41. The van der Waals surface area contributed by atoms with Crippen LogP contribution in [0.1, 0.15) is 17.3 Å². The minimum absolute atomic E-state index is 0.00551. The zero-order chi connectivity index (χ0) is 14.9. The number of carbonyl (C=O) groups excluding carboxylic acids is 1. The number of fused-ring (bicyclic) bond motifs is 1. The zero-order valence-corrected chi connectivity index (χ0v) is 11.2. The Morgan fingerprint density at radius 2 is 2.10 bits per heavy atom. The molecule has 0 bridgehead atoms. The van der Waals surface area contributed by atoms with Crippen molar-refractivity contribution in [2.24, 2.45) is 0 Å². The maximum absolute atomic E-state index is 12.0. The molecule has 7 nitrogen and oxygen atoms in total. The maximum Gasteiger partial charge on any atom is 0.328 e. The molecular weight excluding hydrogens is 290 g/mol. The monoisotopic (exact) mass is 301 g/mol. The summed E-state index contributed by atoms with van der Waals surface area (Å²) in [6.45, 7) is 1.28. The van der Waals surface area contributed by atoms with Crippen molar-refractivity contribution in [3.05, 3.63) is 22.7 Å². The van der Waals surface area contributed by atoms with E-state index in [1.807, 2.05) is 0 Å². The Morgan fingerprint density at radius 3 is 2.70 bits per heavy atom. The number of hydrogen-bond acceptors (Lipinski definition) is 5. The van der Waals surface area contributed by atoms with Crippen molar-refractivity contribution in [2.45, 2.75) is 19.1 Å². The highest BCUT2D eigenvalue weighted by atomic mass is 35.5. The Kier molecular flexibility index (Phi) is 4.01. The second kappa shape index (κ2) is 5.56. The molecule has 0 saturated carbocycles. The summed E-state index contributed by atoms with van der Waals surface area (Å²) >= 11 is 5.93. The number of carboxylic acid groups (broad SMARTS) is 1. The number of aliphatic hydroxyl groups excluding tert-OH is 1. The number of aliphatic carboxylic acids is 1. The summed E-state index contributed by atoms with van der Waals surface area (Å²) in [6.07, 6.45) is -1.24. The fourth-order valence-corrected chi connectivity index (χ4v) is 1.98. The van der Waals surface area contributed by atoms with E-state index in [4.69, 9.17) is 26.2 Å². The van der Waals surface area contributed by atoms with Gasteiger partial charge in [-0.1, -0.05) is 11.6 Å². The second-order valence-corrected chi connectivity index (χ2v) is 4.63. The lowest BCUT2D eigenvalue weighted by Gasteiger charge is -2.17. The molecule has 1 amide bonds. The first-order chi connectivity index (χ1) is 9.40. The lowest BCUT2D eigenvalue weighted by atomic mass is 10.1. The highest BCUT2D eigenvalue weighted by molar-refractivity contribution is 6.32. The van der Waals surface area contributed by atoms with Crippen molar-refractivity contribution < 1.29 is 29.3 Å². The van der Waals surface area contributed by atoms with Crippen LogP contribution in [0.15, 0.2) is 12.1 Å². The summed E-state index contributed by atoms with van der Waals surface area (Å²) in [6, 6.07) is 1.32. The van der Waals surface area contributed by atoms with Crippen molar-refractivity contribution in [3.8, 4) is 11.5 Å². The molecule has 108 valence electrons. The van der Waals surface area contributed by atoms with Crippen LogP contribution in [0.2, 0.25) is 5.02 Å². The number of benzene rings is 1. The number of carbonyl (C=O) groups is 2. The smallest absolute Gasteiger partial charge is 0.328 e. The molecular formula is C12H12ClNO6. The summed E-state index contributed by atoms with van der Waals surface area (Å²) in [7, 11) is 0. The first-order valence-corrected chi connectivity index (χ1v) is 6.09. The van der Waals surface area contributed by atoms with Gasteiger partial charge in [-0.25, -0.2) is 4.79 Å². The molecule has 0 fully saturated rings. The first kappa shape index (κ1) is 14.4. The van der Waals surface area contributed by atoms with Crippen LogP contribution in [-0.4, -0.2) is 41.0 Å². The number of carboxylic acids is 1. The number of ether oxygens (including phenoxy) is 2. The molecule has 0 aliphatic carbocycles. The molecule has 0 spiro atoms. The predicted octanol–water partition coefficient (Wildman–Crippen LogP) is 0.632. The zero-order valence-electron chi connectivity index (χ0n) is 10.4. The molecule has 3 N–H and O–H groups in total. The minimum Gasteiger partial charge on any atom is -0.480 e. The molecule has 1 heterocycles. The number of rotatable bonds is 4. The molecule has 1 aromatic rings. The molecule has 0 radical (unpaired) electrons. The lowest BCUT2D eigenvalue weighted by Crippen LogP contribution is -2.47. The number of aliphatic hydroxyl groups is 1. The summed E-state index contributed by atoms with van der Waals surface area (Å²) in [5.74, 6) is -1.36. The summed E-state index contributed by atoms with van der Waals surface area (Å²) in [5, 5.41) is 20.6. The first-order valence-electron chi connectivity index (χ1n) is 5.71. The van der Waals surface area contributed by atoms with Gasteiger partial charge in [-0.05, 0) is 19.1 Å². The standard InChI is InChI=1S/C12H12ClNO6/c1-5(15)9(12(17)18)14-11(16)6-2-7(13)10-8(3-6)19-4-20-10/h2-3,5,9,15H,4H2,1H3,(H,14,16)(H,17,18)/t5-,9+/m1/s1. The molecule has 0 saturated heterocycles. The van der Waals surface area contributed by atoms with E-state index in [0.717, 1.165) is 0 Å². The van der Waals surface area contributed by atoms with Crippen molar-refractivity contribution in [3.63, 3.8) is 0 Å². The van der Waals surface area contributed by atoms with Crippen LogP contribution in [0.5, 0.6) is 11.5 Å². The van der Waals surface area contributed by atoms with E-state index in [2.05, 4.69) is 5.32 Å². The number of halogens is 1. The van der Waals surface area contributed by atoms with Gasteiger partial charge < -0.3 is 25.0 Å². The van der Waals surface area contributed by atoms with E-state index in [9.17, 15) is 14.7 Å². The van der Waals surface area contributed by atoms with Crippen LogP contribution < -0.4 is 14.8 Å². The third-order valence-electron chi connectivity index (χ3n) is 2.72. The van der Waals surface area contributed by atoms with E-state index >= 15 is 0 Å². The summed E-state index contributed by atoms with van der Waals surface area (Å²) < 4.78 is 10.2. The Labute approximate surface area is 119 Å². The van der Waals surface area contributed by atoms with Gasteiger partial charge in [0.1, 0.15) is 0 Å². The van der Waals surface area contributed by atoms with Crippen molar-refractivity contribution in [2.75, 3.05) is 6.79 Å². The van der Waals surface area contributed by atoms with Crippen LogP contribution in [0.4, 0.5) is 0 Å². The van der Waals surface area contributed by atoms with Gasteiger partial charge >= 0.3 is 5.97 Å². The Bertz CT molecular complexity index is 559. The molecule has 20 heavy (non-hydrogen) atoms. The molecule has 8 heteroatoms. The molecule has 1 aliphatic rings. The van der Waals surface area contributed by atoms with Crippen LogP contribution in [0.3, 0.4) is 0 Å². The van der Waals surface area contributed by atoms with E-state index in [1.54, 1.807) is 0 Å². The van der Waals surface area contributed by atoms with Crippen LogP contribution >= 0.6 is 11.6 Å². The Morgan fingerprint density at radius 1 is 1.40 bits per heavy atom. The second-order valence-electron chi connectivity index (χ2n) is 4.22. The maximum atomic E-state index is 12.0. The Hall–Kier alpha value is -1.99. The average molecular weight is 302 g/mol. The van der Waals surface area contributed by atoms with Crippen LogP contribution in [0, 0.1) is 0 Å². The van der Waals surface area contributed by atoms with Gasteiger partial charge in [-0.3, -0.25) is 4.79 Å². The fourth-order valence-electron chi connectivity index (χ4n) is 1.71. The van der Waals surface area contributed by atoms with E-state index in [1.165, 1.54) is 19.1 Å². The molecule has 0 aromatic heterocycles.